The first-order chi connectivity index (χ1) is 15.6. The molecule has 1 N–H and O–H groups in total. The van der Waals surface area contributed by atoms with Crippen LogP contribution in [0.5, 0.6) is 5.88 Å². The highest BCUT2D eigenvalue weighted by Crippen LogP contribution is 2.39. The number of rotatable bonds is 5. The van der Waals surface area contributed by atoms with Gasteiger partial charge in [0.15, 0.2) is 5.69 Å². The van der Waals surface area contributed by atoms with E-state index in [1.54, 1.807) is 33.7 Å². The Labute approximate surface area is 184 Å². The van der Waals surface area contributed by atoms with Crippen molar-refractivity contribution in [3.63, 3.8) is 0 Å². The van der Waals surface area contributed by atoms with Crippen molar-refractivity contribution in [2.75, 3.05) is 6.54 Å². The first-order valence-corrected chi connectivity index (χ1v) is 10.3. The second kappa shape index (κ2) is 8.11. The molecule has 0 unspecified atom stereocenters. The molecule has 0 fully saturated rings. The van der Waals surface area contributed by atoms with Crippen molar-refractivity contribution in [3.8, 4) is 5.88 Å². The van der Waals surface area contributed by atoms with Gasteiger partial charge in [-0.1, -0.05) is 54.6 Å². The number of hydrogen-bond acceptors (Lipinski definition) is 4. The minimum Gasteiger partial charge on any atom is -0.493 e. The highest BCUT2D eigenvalue weighted by molar-refractivity contribution is 5.99. The molecule has 0 radical (unpaired) electrons. The summed E-state index contributed by atoms with van der Waals surface area (Å²) in [6.07, 6.45) is 0. The predicted molar refractivity (Wildman–Crippen MR) is 120 cm³/mol. The third kappa shape index (κ3) is 3.43. The molecule has 0 spiro atoms. The van der Waals surface area contributed by atoms with E-state index in [0.29, 0.717) is 30.6 Å². The van der Waals surface area contributed by atoms with Gasteiger partial charge in [0.2, 0.25) is 5.88 Å². The van der Waals surface area contributed by atoms with Gasteiger partial charge in [0, 0.05) is 36.1 Å². The molecule has 7 heteroatoms. The summed E-state index contributed by atoms with van der Waals surface area (Å²) < 4.78 is 1.70. The molecule has 0 saturated carbocycles. The molecule has 2 amide bonds. The second-order valence-electron chi connectivity index (χ2n) is 7.60. The zero-order valence-electron chi connectivity index (χ0n) is 17.2. The molecule has 0 atom stereocenters. The molecule has 4 aromatic rings. The Morgan fingerprint density at radius 1 is 0.906 bits per heavy atom. The summed E-state index contributed by atoms with van der Waals surface area (Å²) in [4.78, 5) is 26.8. The third-order valence-electron chi connectivity index (χ3n) is 5.67. The van der Waals surface area contributed by atoms with Crippen LogP contribution in [0.25, 0.3) is 10.9 Å². The van der Waals surface area contributed by atoms with E-state index in [0.717, 1.165) is 16.6 Å². The van der Waals surface area contributed by atoms with Crippen LogP contribution in [-0.4, -0.2) is 32.9 Å². The summed E-state index contributed by atoms with van der Waals surface area (Å²) in [7, 11) is 0. The Hall–Kier alpha value is -4.26. The van der Waals surface area contributed by atoms with Gasteiger partial charge in [-0.15, -0.1) is 10.2 Å². The van der Waals surface area contributed by atoms with Crippen molar-refractivity contribution >= 4 is 28.4 Å². The van der Waals surface area contributed by atoms with E-state index < -0.39 is 5.91 Å². The molecule has 5 rings (SSSR count). The van der Waals surface area contributed by atoms with Crippen LogP contribution < -0.4 is 0 Å². The summed E-state index contributed by atoms with van der Waals surface area (Å²) in [5, 5.41) is 19.5. The highest BCUT2D eigenvalue weighted by Gasteiger charge is 2.27. The Bertz CT molecular complexity index is 1360. The van der Waals surface area contributed by atoms with E-state index in [1.165, 1.54) is 0 Å². The number of nitrogens with zero attached hydrogens (tertiary/aromatic N) is 4. The van der Waals surface area contributed by atoms with Crippen LogP contribution in [0.1, 0.15) is 26.3 Å². The number of aromatic hydroxyl groups is 1. The number of amides is 2. The molecule has 0 bridgehead atoms. The molecule has 1 aliphatic rings. The normalized spacial score (nSPS) is 13.2. The number of para-hydroxylation sites is 1. The summed E-state index contributed by atoms with van der Waals surface area (Å²) >= 11 is 0. The summed E-state index contributed by atoms with van der Waals surface area (Å²) in [5.41, 5.74) is 3.15. The van der Waals surface area contributed by atoms with Gasteiger partial charge >= 0.3 is 0 Å². The van der Waals surface area contributed by atoms with Crippen molar-refractivity contribution < 1.29 is 14.7 Å². The largest absolute Gasteiger partial charge is 0.493 e. The quantitative estimate of drug-likeness (QED) is 0.461. The Balaban J connectivity index is 1.41. The van der Waals surface area contributed by atoms with Gasteiger partial charge in [-0.2, -0.15) is 0 Å². The van der Waals surface area contributed by atoms with Crippen molar-refractivity contribution in [1.29, 1.82) is 0 Å². The fraction of sp³-hybridized carbons (Fsp3) is 0.120. The number of fused-ring (bicyclic) bond motifs is 2. The van der Waals surface area contributed by atoms with Gasteiger partial charge in [0.25, 0.3) is 11.8 Å². The van der Waals surface area contributed by atoms with Gasteiger partial charge in [-0.25, -0.2) is 0 Å². The van der Waals surface area contributed by atoms with Crippen LogP contribution in [-0.2, 0) is 13.1 Å². The predicted octanol–water partition coefficient (Wildman–Crippen LogP) is 4.93. The van der Waals surface area contributed by atoms with Crippen LogP contribution in [0.15, 0.2) is 89.1 Å². The van der Waals surface area contributed by atoms with E-state index in [2.05, 4.69) is 10.2 Å². The van der Waals surface area contributed by atoms with Crippen LogP contribution in [0.3, 0.4) is 0 Å². The first kappa shape index (κ1) is 19.7. The lowest BCUT2D eigenvalue weighted by molar-refractivity contribution is 0.0772. The van der Waals surface area contributed by atoms with Gasteiger partial charge in [-0.3, -0.25) is 9.59 Å². The molecule has 0 saturated heterocycles. The second-order valence-corrected chi connectivity index (χ2v) is 7.60. The zero-order valence-corrected chi connectivity index (χ0v) is 17.2. The van der Waals surface area contributed by atoms with Gasteiger partial charge in [0.05, 0.1) is 5.52 Å². The van der Waals surface area contributed by atoms with Crippen LogP contribution in [0.4, 0.5) is 5.69 Å². The number of carbonyl (C=O) groups excluding carboxylic acids is 2. The average Bonchev–Trinajstić information content (AvgIpc) is 3.30. The molecular weight excluding hydrogens is 404 g/mol. The Morgan fingerprint density at radius 3 is 2.44 bits per heavy atom. The number of benzene rings is 3. The molecule has 2 heterocycles. The monoisotopic (exact) mass is 424 g/mol. The fourth-order valence-electron chi connectivity index (χ4n) is 4.05. The van der Waals surface area contributed by atoms with E-state index in [4.69, 9.17) is 0 Å². The lowest BCUT2D eigenvalue weighted by Crippen LogP contribution is -2.27. The Kier molecular flexibility index (Phi) is 4.99. The van der Waals surface area contributed by atoms with Crippen molar-refractivity contribution in [1.82, 2.24) is 9.47 Å². The SMILES string of the molecule is O=C(N=Nc1c(O)n(CCN2Cc3ccccc3C2=O)c2ccccc12)c1ccccc1. The maximum Gasteiger partial charge on any atom is 0.295 e. The van der Waals surface area contributed by atoms with Gasteiger partial charge < -0.3 is 14.6 Å². The van der Waals surface area contributed by atoms with Crippen molar-refractivity contribution in [2.24, 2.45) is 10.2 Å². The first-order valence-electron chi connectivity index (χ1n) is 10.3. The van der Waals surface area contributed by atoms with Crippen molar-refractivity contribution in [2.45, 2.75) is 13.1 Å². The average molecular weight is 424 g/mol. The van der Waals surface area contributed by atoms with Gasteiger partial charge in [0.1, 0.15) is 0 Å². The molecule has 1 aromatic heterocycles. The Morgan fingerprint density at radius 2 is 1.62 bits per heavy atom. The maximum atomic E-state index is 12.7. The van der Waals surface area contributed by atoms with Gasteiger partial charge in [-0.05, 0) is 29.8 Å². The van der Waals surface area contributed by atoms with E-state index in [-0.39, 0.29) is 17.5 Å². The molecule has 32 heavy (non-hydrogen) atoms. The lowest BCUT2D eigenvalue weighted by Gasteiger charge is -2.17. The van der Waals surface area contributed by atoms with Crippen LogP contribution >= 0.6 is 0 Å². The number of aromatic nitrogens is 1. The molecular formula is C25H20N4O3. The minimum absolute atomic E-state index is 0.00933. The fourth-order valence-corrected chi connectivity index (χ4v) is 4.05. The summed E-state index contributed by atoms with van der Waals surface area (Å²) in [6, 6.07) is 23.6. The van der Waals surface area contributed by atoms with Crippen LogP contribution in [0, 0.1) is 0 Å². The topological polar surface area (TPSA) is 87.3 Å². The van der Waals surface area contributed by atoms with E-state index in [9.17, 15) is 14.7 Å². The number of azo groups is 1. The summed E-state index contributed by atoms with van der Waals surface area (Å²) in [5.74, 6) is -0.577. The number of carbonyl (C=O) groups is 2. The standard InChI is InChI=1S/C25H20N4O3/c30-23(17-8-2-1-3-9-17)27-26-22-20-12-6-7-13-21(20)29(25(22)32)15-14-28-16-18-10-4-5-11-19(18)24(28)31/h1-13,32H,14-16H2. The molecule has 158 valence electrons. The maximum absolute atomic E-state index is 12.7. The van der Waals surface area contributed by atoms with Crippen molar-refractivity contribution in [3.05, 3.63) is 95.6 Å². The third-order valence-corrected chi connectivity index (χ3v) is 5.67. The number of hydrogen-bond donors (Lipinski definition) is 1. The zero-order chi connectivity index (χ0) is 22.1. The molecule has 3 aromatic carbocycles. The smallest absolute Gasteiger partial charge is 0.295 e. The molecule has 1 aliphatic heterocycles. The highest BCUT2D eigenvalue weighted by atomic mass is 16.3. The molecule has 0 aliphatic carbocycles. The van der Waals surface area contributed by atoms with E-state index in [1.807, 2.05) is 54.6 Å². The minimum atomic E-state index is -0.484. The van der Waals surface area contributed by atoms with E-state index >= 15 is 0 Å². The lowest BCUT2D eigenvalue weighted by atomic mass is 10.1. The van der Waals surface area contributed by atoms with Crippen LogP contribution in [0.2, 0.25) is 0 Å². The molecule has 7 nitrogen and oxygen atoms in total. The summed E-state index contributed by atoms with van der Waals surface area (Å²) in [6.45, 7) is 1.36.